The molecule has 0 radical (unpaired) electrons. The summed E-state index contributed by atoms with van der Waals surface area (Å²) in [5.74, 6) is -0.698. The van der Waals surface area contributed by atoms with E-state index in [1.54, 1.807) is 12.1 Å². The number of halogens is 1. The van der Waals surface area contributed by atoms with Crippen LogP contribution in [-0.4, -0.2) is 26.7 Å². The van der Waals surface area contributed by atoms with Crippen molar-refractivity contribution in [3.63, 3.8) is 0 Å². The zero-order valence-electron chi connectivity index (χ0n) is 10.9. The third-order valence-corrected chi connectivity index (χ3v) is 5.44. The van der Waals surface area contributed by atoms with Crippen molar-refractivity contribution in [3.05, 3.63) is 28.7 Å². The standard InChI is InChI=1S/C13H17BrO4S/c1-3-4-5-12(13(15)18-2)19(16,17)11-8-6-10(14)7-9-11/h6-9,12H,3-5H2,1-2H3. The summed E-state index contributed by atoms with van der Waals surface area (Å²) in [6, 6.07) is 6.25. The highest BCUT2D eigenvalue weighted by atomic mass is 79.9. The van der Waals surface area contributed by atoms with Crippen molar-refractivity contribution in [2.75, 3.05) is 7.11 Å². The number of rotatable bonds is 6. The second kappa shape index (κ2) is 7.05. The minimum Gasteiger partial charge on any atom is -0.468 e. The van der Waals surface area contributed by atoms with E-state index in [9.17, 15) is 13.2 Å². The number of hydrogen-bond acceptors (Lipinski definition) is 4. The first-order valence-electron chi connectivity index (χ1n) is 6.00. The Kier molecular flexibility index (Phi) is 6.00. The fraction of sp³-hybridized carbons (Fsp3) is 0.462. The Morgan fingerprint density at radius 2 is 1.89 bits per heavy atom. The summed E-state index contributed by atoms with van der Waals surface area (Å²) >= 11 is 3.25. The van der Waals surface area contributed by atoms with E-state index in [1.807, 2.05) is 6.92 Å². The molecule has 0 saturated heterocycles. The molecule has 0 spiro atoms. The van der Waals surface area contributed by atoms with E-state index in [1.165, 1.54) is 19.2 Å². The third-order valence-electron chi connectivity index (χ3n) is 2.80. The Hall–Kier alpha value is -0.880. The quantitative estimate of drug-likeness (QED) is 0.741. The van der Waals surface area contributed by atoms with E-state index in [2.05, 4.69) is 20.7 Å². The van der Waals surface area contributed by atoms with Gasteiger partial charge in [-0.05, 0) is 30.7 Å². The van der Waals surface area contributed by atoms with Gasteiger partial charge in [-0.2, -0.15) is 0 Å². The number of carbonyl (C=O) groups excluding carboxylic acids is 1. The van der Waals surface area contributed by atoms with Gasteiger partial charge in [0, 0.05) is 4.47 Å². The fourth-order valence-corrected chi connectivity index (χ4v) is 3.64. The molecule has 0 aliphatic heterocycles. The lowest BCUT2D eigenvalue weighted by molar-refractivity contribution is -0.140. The monoisotopic (exact) mass is 348 g/mol. The Morgan fingerprint density at radius 3 is 2.37 bits per heavy atom. The van der Waals surface area contributed by atoms with Gasteiger partial charge in [0.1, 0.15) is 0 Å². The van der Waals surface area contributed by atoms with Gasteiger partial charge in [-0.3, -0.25) is 4.79 Å². The first-order valence-corrected chi connectivity index (χ1v) is 8.34. The maximum absolute atomic E-state index is 12.4. The molecular formula is C13H17BrO4S. The lowest BCUT2D eigenvalue weighted by Gasteiger charge is -2.15. The maximum Gasteiger partial charge on any atom is 0.324 e. The average Bonchev–Trinajstić information content (AvgIpc) is 2.39. The number of unbranched alkanes of at least 4 members (excludes halogenated alkanes) is 1. The van der Waals surface area contributed by atoms with Crippen LogP contribution in [0.25, 0.3) is 0 Å². The minimum atomic E-state index is -3.70. The van der Waals surface area contributed by atoms with Crippen LogP contribution in [-0.2, 0) is 19.4 Å². The van der Waals surface area contributed by atoms with Crippen LogP contribution in [0, 0.1) is 0 Å². The van der Waals surface area contributed by atoms with E-state index >= 15 is 0 Å². The zero-order valence-corrected chi connectivity index (χ0v) is 13.3. The van der Waals surface area contributed by atoms with Crippen molar-refractivity contribution in [2.45, 2.75) is 36.3 Å². The summed E-state index contributed by atoms with van der Waals surface area (Å²) < 4.78 is 30.3. The largest absolute Gasteiger partial charge is 0.468 e. The Balaban J connectivity index is 3.11. The SMILES string of the molecule is CCCCC(C(=O)OC)S(=O)(=O)c1ccc(Br)cc1. The molecule has 1 atom stereocenters. The van der Waals surface area contributed by atoms with E-state index in [4.69, 9.17) is 0 Å². The number of hydrogen-bond donors (Lipinski definition) is 0. The van der Waals surface area contributed by atoms with Crippen molar-refractivity contribution >= 4 is 31.7 Å². The van der Waals surface area contributed by atoms with Crippen LogP contribution in [0.5, 0.6) is 0 Å². The highest BCUT2D eigenvalue weighted by Crippen LogP contribution is 2.23. The molecule has 0 amide bonds. The molecule has 0 bridgehead atoms. The van der Waals surface area contributed by atoms with Crippen LogP contribution in [0.2, 0.25) is 0 Å². The van der Waals surface area contributed by atoms with Gasteiger partial charge in [0.05, 0.1) is 12.0 Å². The zero-order chi connectivity index (χ0) is 14.5. The first kappa shape index (κ1) is 16.2. The van der Waals surface area contributed by atoms with E-state index in [-0.39, 0.29) is 11.3 Å². The minimum absolute atomic E-state index is 0.141. The molecule has 0 saturated carbocycles. The molecule has 1 rings (SSSR count). The number of carbonyl (C=O) groups is 1. The predicted molar refractivity (Wildman–Crippen MR) is 76.7 cm³/mol. The normalized spacial score (nSPS) is 13.0. The molecule has 1 aromatic rings. The van der Waals surface area contributed by atoms with Gasteiger partial charge in [0.2, 0.25) is 0 Å². The van der Waals surface area contributed by atoms with Crippen molar-refractivity contribution < 1.29 is 17.9 Å². The molecule has 6 heteroatoms. The second-order valence-corrected chi connectivity index (χ2v) is 7.20. The summed E-state index contributed by atoms with van der Waals surface area (Å²) in [4.78, 5) is 11.8. The molecule has 0 fully saturated rings. The predicted octanol–water partition coefficient (Wildman–Crippen LogP) is 2.95. The van der Waals surface area contributed by atoms with Crippen LogP contribution < -0.4 is 0 Å². The van der Waals surface area contributed by atoms with Gasteiger partial charge in [0.25, 0.3) is 0 Å². The number of benzene rings is 1. The first-order chi connectivity index (χ1) is 8.93. The molecule has 1 unspecified atom stereocenters. The molecule has 4 nitrogen and oxygen atoms in total. The van der Waals surface area contributed by atoms with Gasteiger partial charge in [0.15, 0.2) is 15.1 Å². The molecule has 0 heterocycles. The average molecular weight is 349 g/mol. The number of esters is 1. The van der Waals surface area contributed by atoms with Gasteiger partial charge < -0.3 is 4.74 Å². The highest BCUT2D eigenvalue weighted by Gasteiger charge is 2.34. The molecule has 0 N–H and O–H groups in total. The summed E-state index contributed by atoms with van der Waals surface area (Å²) in [7, 11) is -2.49. The third kappa shape index (κ3) is 4.04. The highest BCUT2D eigenvalue weighted by molar-refractivity contribution is 9.10. The van der Waals surface area contributed by atoms with E-state index < -0.39 is 21.1 Å². The molecule has 106 valence electrons. The van der Waals surface area contributed by atoms with Crippen molar-refractivity contribution in [3.8, 4) is 0 Å². The Bertz CT molecular complexity index is 522. The summed E-state index contributed by atoms with van der Waals surface area (Å²) in [6.45, 7) is 1.95. The van der Waals surface area contributed by atoms with Gasteiger partial charge in [-0.1, -0.05) is 35.7 Å². The summed E-state index contributed by atoms with van der Waals surface area (Å²) in [5.41, 5.74) is 0. The van der Waals surface area contributed by atoms with Gasteiger partial charge in [-0.15, -0.1) is 0 Å². The molecular weight excluding hydrogens is 332 g/mol. The molecule has 0 aliphatic rings. The lowest BCUT2D eigenvalue weighted by Crippen LogP contribution is -2.31. The maximum atomic E-state index is 12.4. The lowest BCUT2D eigenvalue weighted by atomic mass is 10.2. The second-order valence-electron chi connectivity index (χ2n) is 4.15. The number of methoxy groups -OCH3 is 1. The molecule has 0 aromatic heterocycles. The fourth-order valence-electron chi connectivity index (χ4n) is 1.71. The summed E-state index contributed by atoms with van der Waals surface area (Å²) in [6.07, 6.45) is 1.76. The molecule has 1 aromatic carbocycles. The number of ether oxygens (including phenoxy) is 1. The Labute approximate surface area is 122 Å². The summed E-state index contributed by atoms with van der Waals surface area (Å²) in [5, 5.41) is -1.13. The van der Waals surface area contributed by atoms with Crippen LogP contribution in [0.3, 0.4) is 0 Å². The molecule has 19 heavy (non-hydrogen) atoms. The van der Waals surface area contributed by atoms with E-state index in [0.29, 0.717) is 6.42 Å². The van der Waals surface area contributed by atoms with Crippen LogP contribution >= 0.6 is 15.9 Å². The molecule has 0 aliphatic carbocycles. The number of sulfone groups is 1. The van der Waals surface area contributed by atoms with Crippen molar-refractivity contribution in [1.82, 2.24) is 0 Å². The smallest absolute Gasteiger partial charge is 0.324 e. The van der Waals surface area contributed by atoms with Crippen LogP contribution in [0.1, 0.15) is 26.2 Å². The topological polar surface area (TPSA) is 60.4 Å². The van der Waals surface area contributed by atoms with Gasteiger partial charge in [-0.25, -0.2) is 8.42 Å². The van der Waals surface area contributed by atoms with E-state index in [0.717, 1.165) is 10.9 Å². The van der Waals surface area contributed by atoms with Gasteiger partial charge >= 0.3 is 5.97 Å². The van der Waals surface area contributed by atoms with Crippen LogP contribution in [0.15, 0.2) is 33.6 Å². The van der Waals surface area contributed by atoms with Crippen LogP contribution in [0.4, 0.5) is 0 Å². The Morgan fingerprint density at radius 1 is 1.32 bits per heavy atom. The van der Waals surface area contributed by atoms with Crippen molar-refractivity contribution in [1.29, 1.82) is 0 Å². The van der Waals surface area contributed by atoms with Crippen molar-refractivity contribution in [2.24, 2.45) is 0 Å².